The number of hydrogen-bond donors (Lipinski definition) is 0. The minimum atomic E-state index is -0.180. The van der Waals surface area contributed by atoms with Crippen molar-refractivity contribution in [2.45, 2.75) is 13.8 Å². The van der Waals surface area contributed by atoms with Gasteiger partial charge in [0.15, 0.2) is 23.9 Å². The van der Waals surface area contributed by atoms with Gasteiger partial charge in [0, 0.05) is 12.6 Å². The monoisotopic (exact) mass is 371 g/mol. The number of rotatable bonds is 9. The highest BCUT2D eigenvalue weighted by molar-refractivity contribution is 5.94. The second-order valence-electron chi connectivity index (χ2n) is 6.19. The van der Waals surface area contributed by atoms with Crippen LogP contribution < -0.4 is 14.2 Å². The predicted molar refractivity (Wildman–Crippen MR) is 103 cm³/mol. The molecule has 0 saturated carbocycles. The fourth-order valence-corrected chi connectivity index (χ4v) is 2.39. The Labute approximate surface area is 159 Å². The second kappa shape index (κ2) is 9.62. The Hall–Kier alpha value is -3.02. The minimum absolute atomic E-state index is 0.0655. The van der Waals surface area contributed by atoms with Gasteiger partial charge in [0.25, 0.3) is 5.91 Å². The molecule has 0 fully saturated rings. The molecule has 0 aliphatic carbocycles. The van der Waals surface area contributed by atoms with Gasteiger partial charge in [-0.05, 0) is 49.7 Å². The third-order valence-corrected chi connectivity index (χ3v) is 4.03. The van der Waals surface area contributed by atoms with E-state index in [9.17, 15) is 9.59 Å². The zero-order chi connectivity index (χ0) is 19.8. The van der Waals surface area contributed by atoms with Gasteiger partial charge in [-0.3, -0.25) is 9.59 Å². The Balaban J connectivity index is 1.83. The van der Waals surface area contributed by atoms with Crippen LogP contribution in [0.1, 0.15) is 22.8 Å². The third kappa shape index (κ3) is 6.02. The van der Waals surface area contributed by atoms with E-state index in [-0.39, 0.29) is 18.3 Å². The normalized spacial score (nSPS) is 10.2. The summed E-state index contributed by atoms with van der Waals surface area (Å²) in [6, 6.07) is 12.6. The number of nitrogens with zero attached hydrogens (tertiary/aromatic N) is 1. The molecule has 2 aromatic rings. The molecule has 2 rings (SSSR count). The van der Waals surface area contributed by atoms with E-state index in [1.807, 2.05) is 31.2 Å². The number of likely N-dealkylation sites (N-methyl/N-ethyl adjacent to an activating group) is 1. The summed E-state index contributed by atoms with van der Waals surface area (Å²) in [5.74, 6) is 1.37. The molecule has 0 unspecified atom stereocenters. The quantitative estimate of drug-likeness (QED) is 0.634. The van der Waals surface area contributed by atoms with E-state index in [4.69, 9.17) is 14.2 Å². The second-order valence-corrected chi connectivity index (χ2v) is 6.19. The van der Waals surface area contributed by atoms with Gasteiger partial charge >= 0.3 is 0 Å². The molecule has 1 amide bonds. The van der Waals surface area contributed by atoms with Crippen LogP contribution in [0.4, 0.5) is 0 Å². The summed E-state index contributed by atoms with van der Waals surface area (Å²) in [4.78, 5) is 25.2. The molecule has 0 spiro atoms. The van der Waals surface area contributed by atoms with Gasteiger partial charge in [-0.1, -0.05) is 12.1 Å². The summed E-state index contributed by atoms with van der Waals surface area (Å²) < 4.78 is 16.4. The average molecular weight is 371 g/mol. The van der Waals surface area contributed by atoms with E-state index in [1.54, 1.807) is 30.1 Å². The van der Waals surface area contributed by atoms with Crippen LogP contribution >= 0.6 is 0 Å². The van der Waals surface area contributed by atoms with Crippen LogP contribution in [-0.2, 0) is 4.79 Å². The lowest BCUT2D eigenvalue weighted by molar-refractivity contribution is -0.132. The highest BCUT2D eigenvalue weighted by Gasteiger charge is 2.13. The van der Waals surface area contributed by atoms with Gasteiger partial charge < -0.3 is 19.1 Å². The lowest BCUT2D eigenvalue weighted by atomic mass is 10.1. The SMILES string of the molecule is COc1cc(C(C)=O)ccc1OCC(=O)N(C)CCOc1cccc(C)c1. The third-order valence-electron chi connectivity index (χ3n) is 4.03. The van der Waals surface area contributed by atoms with Gasteiger partial charge in [-0.2, -0.15) is 0 Å². The highest BCUT2D eigenvalue weighted by atomic mass is 16.5. The molecule has 0 aromatic heterocycles. The number of carbonyl (C=O) groups excluding carboxylic acids is 2. The molecule has 144 valence electrons. The number of amides is 1. The highest BCUT2D eigenvalue weighted by Crippen LogP contribution is 2.28. The first kappa shape index (κ1) is 20.3. The molecule has 0 bridgehead atoms. The van der Waals surface area contributed by atoms with E-state index >= 15 is 0 Å². The number of benzene rings is 2. The molecule has 0 atom stereocenters. The van der Waals surface area contributed by atoms with Crippen LogP contribution in [0, 0.1) is 6.92 Å². The molecule has 2 aromatic carbocycles. The number of ether oxygens (including phenoxy) is 3. The smallest absolute Gasteiger partial charge is 0.260 e. The van der Waals surface area contributed by atoms with Crippen molar-refractivity contribution in [2.24, 2.45) is 0 Å². The van der Waals surface area contributed by atoms with E-state index in [0.717, 1.165) is 11.3 Å². The van der Waals surface area contributed by atoms with Gasteiger partial charge in [-0.15, -0.1) is 0 Å². The largest absolute Gasteiger partial charge is 0.493 e. The number of methoxy groups -OCH3 is 1. The number of carbonyl (C=O) groups is 2. The maximum atomic E-state index is 12.2. The summed E-state index contributed by atoms with van der Waals surface area (Å²) in [7, 11) is 3.18. The van der Waals surface area contributed by atoms with Crippen LogP contribution in [0.15, 0.2) is 42.5 Å². The first-order valence-corrected chi connectivity index (χ1v) is 8.66. The maximum absolute atomic E-state index is 12.2. The lowest BCUT2D eigenvalue weighted by Gasteiger charge is -2.18. The van der Waals surface area contributed by atoms with Crippen LogP contribution in [0.2, 0.25) is 0 Å². The molecular formula is C21H25NO5. The molecule has 0 N–H and O–H groups in total. The van der Waals surface area contributed by atoms with Gasteiger partial charge in [0.05, 0.1) is 13.7 Å². The van der Waals surface area contributed by atoms with Crippen molar-refractivity contribution in [3.8, 4) is 17.2 Å². The standard InChI is InChI=1S/C21H25NO5/c1-15-6-5-7-18(12-15)26-11-10-22(3)21(24)14-27-19-9-8-17(16(2)23)13-20(19)25-4/h5-9,12-13H,10-11,14H2,1-4H3. The topological polar surface area (TPSA) is 65.1 Å². The van der Waals surface area contributed by atoms with E-state index in [0.29, 0.717) is 30.2 Å². The van der Waals surface area contributed by atoms with Crippen molar-refractivity contribution in [3.05, 3.63) is 53.6 Å². The molecule has 0 aliphatic rings. The molecule has 6 heteroatoms. The van der Waals surface area contributed by atoms with Crippen molar-refractivity contribution >= 4 is 11.7 Å². The van der Waals surface area contributed by atoms with E-state index in [1.165, 1.54) is 14.0 Å². The van der Waals surface area contributed by atoms with Crippen molar-refractivity contribution < 1.29 is 23.8 Å². The van der Waals surface area contributed by atoms with Gasteiger partial charge in [0.1, 0.15) is 12.4 Å². The summed E-state index contributed by atoms with van der Waals surface area (Å²) in [5, 5.41) is 0. The predicted octanol–water partition coefficient (Wildman–Crippen LogP) is 3.12. The maximum Gasteiger partial charge on any atom is 0.260 e. The summed E-state index contributed by atoms with van der Waals surface area (Å²) in [6.45, 7) is 4.18. The number of Topliss-reactive ketones (excluding diaryl/α,β-unsaturated/α-hetero) is 1. The summed E-state index contributed by atoms with van der Waals surface area (Å²) in [6.07, 6.45) is 0. The Morgan fingerprint density at radius 3 is 2.48 bits per heavy atom. The first-order valence-electron chi connectivity index (χ1n) is 8.66. The Morgan fingerprint density at radius 2 is 1.81 bits per heavy atom. The van der Waals surface area contributed by atoms with Gasteiger partial charge in [-0.25, -0.2) is 0 Å². The van der Waals surface area contributed by atoms with Crippen LogP contribution in [0.25, 0.3) is 0 Å². The zero-order valence-electron chi connectivity index (χ0n) is 16.2. The summed E-state index contributed by atoms with van der Waals surface area (Å²) in [5.41, 5.74) is 1.64. The molecule has 27 heavy (non-hydrogen) atoms. The molecule has 0 saturated heterocycles. The fraction of sp³-hybridized carbons (Fsp3) is 0.333. The van der Waals surface area contributed by atoms with E-state index < -0.39 is 0 Å². The van der Waals surface area contributed by atoms with E-state index in [2.05, 4.69) is 0 Å². The van der Waals surface area contributed by atoms with Crippen molar-refractivity contribution in [2.75, 3.05) is 33.9 Å². The summed E-state index contributed by atoms with van der Waals surface area (Å²) >= 11 is 0. The van der Waals surface area contributed by atoms with Crippen LogP contribution in [0.5, 0.6) is 17.2 Å². The van der Waals surface area contributed by atoms with Crippen LogP contribution in [-0.4, -0.2) is 50.5 Å². The van der Waals surface area contributed by atoms with Crippen LogP contribution in [0.3, 0.4) is 0 Å². The molecule has 0 aliphatic heterocycles. The van der Waals surface area contributed by atoms with Crippen molar-refractivity contribution in [1.82, 2.24) is 4.90 Å². The first-order chi connectivity index (χ1) is 12.9. The molecule has 0 heterocycles. The molecular weight excluding hydrogens is 346 g/mol. The number of hydrogen-bond acceptors (Lipinski definition) is 5. The Morgan fingerprint density at radius 1 is 1.04 bits per heavy atom. The zero-order valence-corrected chi connectivity index (χ0v) is 16.2. The van der Waals surface area contributed by atoms with Crippen molar-refractivity contribution in [1.29, 1.82) is 0 Å². The van der Waals surface area contributed by atoms with Gasteiger partial charge in [0.2, 0.25) is 0 Å². The fourth-order valence-electron chi connectivity index (χ4n) is 2.39. The Bertz CT molecular complexity index is 803. The Kier molecular flexibility index (Phi) is 7.23. The minimum Gasteiger partial charge on any atom is -0.493 e. The molecule has 6 nitrogen and oxygen atoms in total. The van der Waals surface area contributed by atoms with Crippen molar-refractivity contribution in [3.63, 3.8) is 0 Å². The number of ketones is 1. The lowest BCUT2D eigenvalue weighted by Crippen LogP contribution is -2.34. The average Bonchev–Trinajstić information content (AvgIpc) is 2.65. The number of aryl methyl sites for hydroxylation is 1. The molecule has 0 radical (unpaired) electrons.